The summed E-state index contributed by atoms with van der Waals surface area (Å²) in [6, 6.07) is 11.8. The summed E-state index contributed by atoms with van der Waals surface area (Å²) in [6.07, 6.45) is 0. The number of nitro benzene ring substituents is 1. The Morgan fingerprint density at radius 2 is 2.04 bits per heavy atom. The van der Waals surface area contributed by atoms with Crippen molar-refractivity contribution in [2.45, 2.75) is 13.5 Å². The maximum Gasteiger partial charge on any atom is 0.271 e. The summed E-state index contributed by atoms with van der Waals surface area (Å²) in [5, 5.41) is 13.5. The van der Waals surface area contributed by atoms with Crippen molar-refractivity contribution in [3.63, 3.8) is 0 Å². The summed E-state index contributed by atoms with van der Waals surface area (Å²) in [7, 11) is 3.44. The number of hydrogen-bond donors (Lipinski definition) is 1. The third-order valence-corrected chi connectivity index (χ3v) is 3.63. The first kappa shape index (κ1) is 18.4. The number of nitrogens with zero attached hydrogens (tertiary/aromatic N) is 2. The van der Waals surface area contributed by atoms with Crippen molar-refractivity contribution in [3.05, 3.63) is 63.7 Å². The van der Waals surface area contributed by atoms with Crippen LogP contribution in [0.3, 0.4) is 0 Å². The van der Waals surface area contributed by atoms with Crippen molar-refractivity contribution in [3.8, 4) is 5.75 Å². The number of nitrogens with one attached hydrogen (secondary N) is 1. The number of non-ortho nitro benzene ring substituents is 1. The number of nitro groups is 1. The molecule has 0 aliphatic rings. The number of carbonyl (C=O) groups is 1. The zero-order valence-electron chi connectivity index (χ0n) is 14.5. The van der Waals surface area contributed by atoms with Crippen LogP contribution in [0.5, 0.6) is 5.75 Å². The third kappa shape index (κ3) is 5.29. The Hall–Kier alpha value is -2.93. The molecule has 0 aliphatic carbocycles. The minimum absolute atomic E-state index is 0.0596. The van der Waals surface area contributed by atoms with Gasteiger partial charge in [-0.15, -0.1) is 0 Å². The molecule has 0 aromatic heterocycles. The molecule has 7 nitrogen and oxygen atoms in total. The van der Waals surface area contributed by atoms with E-state index < -0.39 is 4.92 Å². The number of ether oxygens (including phenoxy) is 1. The van der Waals surface area contributed by atoms with Crippen molar-refractivity contribution in [1.82, 2.24) is 4.90 Å². The molecule has 2 aromatic carbocycles. The lowest BCUT2D eigenvalue weighted by Crippen LogP contribution is -2.30. The summed E-state index contributed by atoms with van der Waals surface area (Å²) in [5.41, 5.74) is 2.45. The lowest BCUT2D eigenvalue weighted by atomic mass is 10.1. The van der Waals surface area contributed by atoms with Gasteiger partial charge in [0.05, 0.1) is 18.6 Å². The van der Waals surface area contributed by atoms with Crippen LogP contribution in [-0.4, -0.2) is 36.4 Å². The van der Waals surface area contributed by atoms with Gasteiger partial charge in [0.1, 0.15) is 5.75 Å². The second kappa shape index (κ2) is 8.25. The number of aryl methyl sites for hydroxylation is 1. The summed E-state index contributed by atoms with van der Waals surface area (Å²) in [6.45, 7) is 2.70. The van der Waals surface area contributed by atoms with Crippen LogP contribution in [0.15, 0.2) is 42.5 Å². The Labute approximate surface area is 146 Å². The molecule has 0 fully saturated rings. The van der Waals surface area contributed by atoms with E-state index in [0.29, 0.717) is 12.2 Å². The second-order valence-electron chi connectivity index (χ2n) is 5.84. The van der Waals surface area contributed by atoms with Gasteiger partial charge < -0.3 is 10.1 Å². The Balaban J connectivity index is 1.97. The van der Waals surface area contributed by atoms with Crippen molar-refractivity contribution in [1.29, 1.82) is 0 Å². The summed E-state index contributed by atoms with van der Waals surface area (Å²) in [5.74, 6) is 0.533. The van der Waals surface area contributed by atoms with E-state index in [-0.39, 0.29) is 18.1 Å². The maximum absolute atomic E-state index is 12.2. The molecule has 0 aliphatic heterocycles. The molecule has 0 bridgehead atoms. The molecule has 2 rings (SSSR count). The maximum atomic E-state index is 12.2. The molecule has 25 heavy (non-hydrogen) atoms. The van der Waals surface area contributed by atoms with E-state index in [1.54, 1.807) is 13.2 Å². The van der Waals surface area contributed by atoms with Gasteiger partial charge in [0, 0.05) is 29.9 Å². The number of benzene rings is 2. The first-order valence-corrected chi connectivity index (χ1v) is 7.75. The van der Waals surface area contributed by atoms with E-state index in [1.807, 2.05) is 37.1 Å². The summed E-state index contributed by atoms with van der Waals surface area (Å²) < 4.78 is 5.35. The van der Waals surface area contributed by atoms with Crippen LogP contribution in [0, 0.1) is 17.0 Å². The minimum Gasteiger partial charge on any atom is -0.496 e. The molecule has 2 aromatic rings. The van der Waals surface area contributed by atoms with E-state index >= 15 is 0 Å². The first-order valence-electron chi connectivity index (χ1n) is 7.75. The Kier molecular flexibility index (Phi) is 6.08. The van der Waals surface area contributed by atoms with Crippen LogP contribution in [0.1, 0.15) is 11.1 Å². The number of hydrogen-bond acceptors (Lipinski definition) is 5. The van der Waals surface area contributed by atoms with Crippen LogP contribution in [0.4, 0.5) is 11.4 Å². The molecule has 0 heterocycles. The van der Waals surface area contributed by atoms with E-state index in [4.69, 9.17) is 4.74 Å². The van der Waals surface area contributed by atoms with Crippen molar-refractivity contribution in [2.75, 3.05) is 26.0 Å². The van der Waals surface area contributed by atoms with Gasteiger partial charge in [0.2, 0.25) is 5.91 Å². The van der Waals surface area contributed by atoms with Gasteiger partial charge in [0.15, 0.2) is 0 Å². The lowest BCUT2D eigenvalue weighted by Gasteiger charge is -2.18. The summed E-state index contributed by atoms with van der Waals surface area (Å²) in [4.78, 5) is 24.3. The molecule has 1 amide bonds. The van der Waals surface area contributed by atoms with Crippen molar-refractivity contribution < 1.29 is 14.5 Å². The molecule has 0 saturated carbocycles. The van der Waals surface area contributed by atoms with Crippen molar-refractivity contribution in [2.24, 2.45) is 0 Å². The quantitative estimate of drug-likeness (QED) is 0.617. The average molecular weight is 343 g/mol. The van der Waals surface area contributed by atoms with Gasteiger partial charge in [-0.05, 0) is 26.1 Å². The standard InChI is InChI=1S/C18H21N3O4/c1-13-7-8-17(25-3)14(9-13)11-20(2)12-18(22)19-15-5-4-6-16(10-15)21(23)24/h4-10H,11-12H2,1-3H3,(H,19,22). The van der Waals surface area contributed by atoms with Crippen LogP contribution >= 0.6 is 0 Å². The number of likely N-dealkylation sites (N-methyl/N-ethyl adjacent to an activating group) is 1. The molecule has 1 N–H and O–H groups in total. The molecule has 0 radical (unpaired) electrons. The smallest absolute Gasteiger partial charge is 0.271 e. The molecule has 0 spiro atoms. The Morgan fingerprint density at radius 1 is 1.28 bits per heavy atom. The highest BCUT2D eigenvalue weighted by atomic mass is 16.6. The van der Waals surface area contributed by atoms with Crippen molar-refractivity contribution >= 4 is 17.3 Å². The predicted molar refractivity (Wildman–Crippen MR) is 95.8 cm³/mol. The third-order valence-electron chi connectivity index (χ3n) is 3.63. The lowest BCUT2D eigenvalue weighted by molar-refractivity contribution is -0.384. The molecular formula is C18H21N3O4. The fourth-order valence-corrected chi connectivity index (χ4v) is 2.52. The molecule has 0 saturated heterocycles. The monoisotopic (exact) mass is 343 g/mol. The first-order chi connectivity index (χ1) is 11.9. The largest absolute Gasteiger partial charge is 0.496 e. The zero-order chi connectivity index (χ0) is 18.4. The number of amides is 1. The van der Waals surface area contributed by atoms with E-state index in [1.165, 1.54) is 18.2 Å². The molecular weight excluding hydrogens is 322 g/mol. The van der Waals surface area contributed by atoms with E-state index in [9.17, 15) is 14.9 Å². The zero-order valence-corrected chi connectivity index (χ0v) is 14.5. The van der Waals surface area contributed by atoms with E-state index in [0.717, 1.165) is 16.9 Å². The Morgan fingerprint density at radius 3 is 2.72 bits per heavy atom. The fourth-order valence-electron chi connectivity index (χ4n) is 2.52. The number of rotatable bonds is 7. The second-order valence-corrected chi connectivity index (χ2v) is 5.84. The summed E-state index contributed by atoms with van der Waals surface area (Å²) >= 11 is 0. The number of carbonyl (C=O) groups excluding carboxylic acids is 1. The average Bonchev–Trinajstić information content (AvgIpc) is 2.55. The highest BCUT2D eigenvalue weighted by molar-refractivity contribution is 5.92. The normalized spacial score (nSPS) is 10.6. The predicted octanol–water partition coefficient (Wildman–Crippen LogP) is 2.98. The van der Waals surface area contributed by atoms with Crippen LogP contribution in [0.2, 0.25) is 0 Å². The minimum atomic E-state index is -0.494. The van der Waals surface area contributed by atoms with Crippen LogP contribution in [0.25, 0.3) is 0 Å². The van der Waals surface area contributed by atoms with Gasteiger partial charge in [-0.2, -0.15) is 0 Å². The molecule has 0 atom stereocenters. The van der Waals surface area contributed by atoms with Gasteiger partial charge in [0.25, 0.3) is 5.69 Å². The van der Waals surface area contributed by atoms with Crippen LogP contribution in [-0.2, 0) is 11.3 Å². The van der Waals surface area contributed by atoms with Gasteiger partial charge in [-0.25, -0.2) is 0 Å². The number of anilines is 1. The molecule has 132 valence electrons. The van der Waals surface area contributed by atoms with Crippen LogP contribution < -0.4 is 10.1 Å². The van der Waals surface area contributed by atoms with Gasteiger partial charge in [-0.3, -0.25) is 19.8 Å². The SMILES string of the molecule is COc1ccc(C)cc1CN(C)CC(=O)Nc1cccc([N+](=O)[O-])c1. The molecule has 7 heteroatoms. The number of methoxy groups -OCH3 is 1. The topological polar surface area (TPSA) is 84.7 Å². The Bertz CT molecular complexity index is 777. The highest BCUT2D eigenvalue weighted by Gasteiger charge is 2.12. The fraction of sp³-hybridized carbons (Fsp3) is 0.278. The molecule has 0 unspecified atom stereocenters. The van der Waals surface area contributed by atoms with Gasteiger partial charge in [-0.1, -0.05) is 23.8 Å². The highest BCUT2D eigenvalue weighted by Crippen LogP contribution is 2.21. The van der Waals surface area contributed by atoms with E-state index in [2.05, 4.69) is 5.32 Å². The van der Waals surface area contributed by atoms with Gasteiger partial charge >= 0.3 is 0 Å².